The van der Waals surface area contributed by atoms with Crippen LogP contribution < -0.4 is 4.74 Å². The van der Waals surface area contributed by atoms with Gasteiger partial charge in [-0.25, -0.2) is 0 Å². The second-order valence-electron chi connectivity index (χ2n) is 5.15. The van der Waals surface area contributed by atoms with E-state index in [1.165, 1.54) is 11.1 Å². The fourth-order valence-corrected chi connectivity index (χ4v) is 2.03. The zero-order chi connectivity index (χ0) is 14.3. The van der Waals surface area contributed by atoms with Crippen molar-refractivity contribution in [3.8, 4) is 5.75 Å². The molecule has 0 saturated heterocycles. The molecule has 1 radical (unpaired) electrons. The summed E-state index contributed by atoms with van der Waals surface area (Å²) in [6.45, 7) is 10.1. The molecule has 1 aromatic carbocycles. The molecule has 107 valence electrons. The lowest BCUT2D eigenvalue weighted by molar-refractivity contribution is -0.00911. The van der Waals surface area contributed by atoms with E-state index >= 15 is 0 Å². The zero-order valence-electron chi connectivity index (χ0n) is 12.7. The highest BCUT2D eigenvalue weighted by Gasteiger charge is 2.15. The topological polar surface area (TPSA) is 27.7 Å². The first-order valence-electron chi connectivity index (χ1n) is 6.81. The van der Waals surface area contributed by atoms with E-state index in [1.807, 2.05) is 6.07 Å². The molecule has 0 bridgehead atoms. The maximum absolute atomic E-state index is 5.70. The Bertz CT molecular complexity index is 372. The Balaban J connectivity index is 2.74. The van der Waals surface area contributed by atoms with Crippen LogP contribution in [0.2, 0.25) is 0 Å². The van der Waals surface area contributed by atoms with Crippen molar-refractivity contribution in [1.29, 1.82) is 0 Å². The van der Waals surface area contributed by atoms with E-state index in [2.05, 4.69) is 39.8 Å². The van der Waals surface area contributed by atoms with Crippen LogP contribution in [0, 0.1) is 6.07 Å². The monoisotopic (exact) mass is 265 g/mol. The Kier molecular flexibility index (Phi) is 6.89. The second kappa shape index (κ2) is 8.18. The Hall–Kier alpha value is -1.06. The summed E-state index contributed by atoms with van der Waals surface area (Å²) in [6.07, 6.45) is 0. The van der Waals surface area contributed by atoms with Crippen LogP contribution in [0.1, 0.15) is 50.7 Å². The van der Waals surface area contributed by atoms with E-state index in [-0.39, 0.29) is 6.79 Å². The van der Waals surface area contributed by atoms with Gasteiger partial charge in [-0.3, -0.25) is 0 Å². The molecule has 0 unspecified atom stereocenters. The average molecular weight is 265 g/mol. The third kappa shape index (κ3) is 4.84. The average Bonchev–Trinajstić information content (AvgIpc) is 2.37. The molecule has 3 heteroatoms. The molecule has 0 aliphatic rings. The minimum Gasteiger partial charge on any atom is -0.467 e. The van der Waals surface area contributed by atoms with Crippen LogP contribution in [0.15, 0.2) is 12.1 Å². The number of hydrogen-bond acceptors (Lipinski definition) is 3. The van der Waals surface area contributed by atoms with E-state index in [9.17, 15) is 0 Å². The van der Waals surface area contributed by atoms with Crippen molar-refractivity contribution in [3.63, 3.8) is 0 Å². The summed E-state index contributed by atoms with van der Waals surface area (Å²) < 4.78 is 16.0. The van der Waals surface area contributed by atoms with Gasteiger partial charge in [0, 0.05) is 18.7 Å². The fraction of sp³-hybridized carbons (Fsp3) is 0.625. The molecule has 0 spiro atoms. The van der Waals surface area contributed by atoms with Crippen molar-refractivity contribution in [2.45, 2.75) is 39.5 Å². The van der Waals surface area contributed by atoms with Crippen molar-refractivity contribution in [1.82, 2.24) is 0 Å². The predicted octanol–water partition coefficient (Wildman–Crippen LogP) is 3.73. The first kappa shape index (κ1) is 16.0. The van der Waals surface area contributed by atoms with E-state index in [4.69, 9.17) is 14.2 Å². The minimum absolute atomic E-state index is 0.237. The van der Waals surface area contributed by atoms with Gasteiger partial charge in [0.1, 0.15) is 5.75 Å². The summed E-state index contributed by atoms with van der Waals surface area (Å²) in [6, 6.07) is 7.22. The number of methoxy groups -OCH3 is 1. The Morgan fingerprint density at radius 2 is 1.84 bits per heavy atom. The Morgan fingerprint density at radius 1 is 1.11 bits per heavy atom. The normalized spacial score (nSPS) is 11.3. The highest BCUT2D eigenvalue weighted by atomic mass is 16.7. The number of rotatable bonds is 8. The molecule has 0 amide bonds. The van der Waals surface area contributed by atoms with Crippen molar-refractivity contribution in [2.75, 3.05) is 27.1 Å². The molecule has 3 nitrogen and oxygen atoms in total. The van der Waals surface area contributed by atoms with Gasteiger partial charge >= 0.3 is 0 Å². The van der Waals surface area contributed by atoms with Crippen molar-refractivity contribution in [3.05, 3.63) is 29.3 Å². The number of benzene rings is 1. The van der Waals surface area contributed by atoms with Gasteiger partial charge in [-0.15, -0.1) is 0 Å². The van der Waals surface area contributed by atoms with Crippen LogP contribution in [-0.4, -0.2) is 27.1 Å². The molecule has 0 heterocycles. The summed E-state index contributed by atoms with van der Waals surface area (Å²) in [5.41, 5.74) is 2.55. The van der Waals surface area contributed by atoms with Gasteiger partial charge in [-0.05, 0) is 17.4 Å². The molecule has 0 atom stereocenters. The van der Waals surface area contributed by atoms with Gasteiger partial charge in [0.05, 0.1) is 13.2 Å². The van der Waals surface area contributed by atoms with Crippen LogP contribution in [0.5, 0.6) is 5.75 Å². The Labute approximate surface area is 116 Å². The fourth-order valence-electron chi connectivity index (χ4n) is 2.03. The van der Waals surface area contributed by atoms with Crippen LogP contribution >= 0.6 is 0 Å². The third-order valence-corrected chi connectivity index (χ3v) is 2.95. The maximum Gasteiger partial charge on any atom is 0.189 e. The Morgan fingerprint density at radius 3 is 2.42 bits per heavy atom. The molecule has 1 rings (SSSR count). The number of ether oxygens (including phenoxy) is 3. The SMILES string of the molecule is COCCOCOc1[c]ccc(C(C)C)c1C(C)C. The lowest BCUT2D eigenvalue weighted by atomic mass is 9.90. The van der Waals surface area contributed by atoms with Crippen molar-refractivity contribution >= 4 is 0 Å². The molecular weight excluding hydrogens is 240 g/mol. The summed E-state index contributed by atoms with van der Waals surface area (Å²) in [4.78, 5) is 0. The lowest BCUT2D eigenvalue weighted by Crippen LogP contribution is -2.10. The van der Waals surface area contributed by atoms with Gasteiger partial charge in [0.2, 0.25) is 0 Å². The number of hydrogen-bond donors (Lipinski definition) is 0. The van der Waals surface area contributed by atoms with Gasteiger partial charge in [-0.1, -0.05) is 39.8 Å². The minimum atomic E-state index is 0.237. The highest BCUT2D eigenvalue weighted by molar-refractivity contribution is 5.43. The van der Waals surface area contributed by atoms with Crippen LogP contribution in [-0.2, 0) is 9.47 Å². The van der Waals surface area contributed by atoms with Crippen LogP contribution in [0.4, 0.5) is 0 Å². The summed E-state index contributed by atoms with van der Waals surface area (Å²) in [5, 5.41) is 0. The van der Waals surface area contributed by atoms with E-state index < -0.39 is 0 Å². The lowest BCUT2D eigenvalue weighted by Gasteiger charge is -2.20. The van der Waals surface area contributed by atoms with E-state index in [0.29, 0.717) is 25.0 Å². The first-order valence-corrected chi connectivity index (χ1v) is 6.81. The largest absolute Gasteiger partial charge is 0.467 e. The molecule has 1 aromatic rings. The summed E-state index contributed by atoms with van der Waals surface area (Å²) >= 11 is 0. The standard InChI is InChI=1S/C16H25O3/c1-12(2)14-7-6-8-15(16(14)13(3)4)19-11-18-10-9-17-5/h6-7,12-13H,9-11H2,1-5H3. The van der Waals surface area contributed by atoms with Gasteiger partial charge in [0.25, 0.3) is 0 Å². The third-order valence-electron chi connectivity index (χ3n) is 2.95. The predicted molar refractivity (Wildman–Crippen MR) is 76.8 cm³/mol. The highest BCUT2D eigenvalue weighted by Crippen LogP contribution is 2.33. The molecule has 19 heavy (non-hydrogen) atoms. The molecule has 0 fully saturated rings. The second-order valence-corrected chi connectivity index (χ2v) is 5.15. The first-order chi connectivity index (χ1) is 9.07. The van der Waals surface area contributed by atoms with Gasteiger partial charge in [0.15, 0.2) is 6.79 Å². The molecule has 0 saturated carbocycles. The molecule has 0 aromatic heterocycles. The van der Waals surface area contributed by atoms with E-state index in [0.717, 1.165) is 5.75 Å². The van der Waals surface area contributed by atoms with Crippen molar-refractivity contribution < 1.29 is 14.2 Å². The van der Waals surface area contributed by atoms with Gasteiger partial charge < -0.3 is 14.2 Å². The smallest absolute Gasteiger partial charge is 0.189 e. The quantitative estimate of drug-likeness (QED) is 0.529. The van der Waals surface area contributed by atoms with E-state index in [1.54, 1.807) is 7.11 Å². The van der Waals surface area contributed by atoms with Crippen molar-refractivity contribution in [2.24, 2.45) is 0 Å². The molecular formula is C16H25O3. The maximum atomic E-state index is 5.70. The van der Waals surface area contributed by atoms with Gasteiger partial charge in [-0.2, -0.15) is 0 Å². The summed E-state index contributed by atoms with van der Waals surface area (Å²) in [7, 11) is 1.65. The van der Waals surface area contributed by atoms with Crippen LogP contribution in [0.3, 0.4) is 0 Å². The molecule has 0 aliphatic heterocycles. The van der Waals surface area contributed by atoms with Crippen LogP contribution in [0.25, 0.3) is 0 Å². The molecule has 0 aliphatic carbocycles. The zero-order valence-corrected chi connectivity index (χ0v) is 12.7. The molecule has 0 N–H and O–H groups in total. The summed E-state index contributed by atoms with van der Waals surface area (Å²) in [5.74, 6) is 1.69.